The summed E-state index contributed by atoms with van der Waals surface area (Å²) in [6.07, 6.45) is 2.97. The van der Waals surface area contributed by atoms with Crippen molar-refractivity contribution >= 4 is 23.5 Å². The Labute approximate surface area is 129 Å². The van der Waals surface area contributed by atoms with Crippen molar-refractivity contribution in [3.05, 3.63) is 17.5 Å². The van der Waals surface area contributed by atoms with Gasteiger partial charge in [-0.15, -0.1) is 0 Å². The summed E-state index contributed by atoms with van der Waals surface area (Å²) >= 11 is 5.89. The molecule has 0 spiro atoms. The van der Waals surface area contributed by atoms with Gasteiger partial charge in [0, 0.05) is 25.2 Å². The predicted molar refractivity (Wildman–Crippen MR) is 81.6 cm³/mol. The lowest BCUT2D eigenvalue weighted by Crippen LogP contribution is -2.49. The van der Waals surface area contributed by atoms with Gasteiger partial charge in [-0.2, -0.15) is 0 Å². The van der Waals surface area contributed by atoms with Crippen LogP contribution in [0.25, 0.3) is 0 Å². The Morgan fingerprint density at radius 2 is 2.24 bits per heavy atom. The standard InChI is InChI=1S/C14H21ClN4O2/c1-14(2,3)21-13(20)18-10-5-4-6-19(8-10)12-7-11(15)16-9-17-12/h7,9-10H,4-6,8H2,1-3H3,(H,18,20). The van der Waals surface area contributed by atoms with Crippen LogP contribution in [0.3, 0.4) is 0 Å². The average Bonchev–Trinajstić information content (AvgIpc) is 2.36. The topological polar surface area (TPSA) is 67.3 Å². The van der Waals surface area contributed by atoms with Gasteiger partial charge >= 0.3 is 6.09 Å². The Balaban J connectivity index is 1.93. The zero-order chi connectivity index (χ0) is 15.5. The predicted octanol–water partition coefficient (Wildman–Crippen LogP) is 2.62. The zero-order valence-electron chi connectivity index (χ0n) is 12.6. The van der Waals surface area contributed by atoms with Crippen LogP contribution >= 0.6 is 11.6 Å². The van der Waals surface area contributed by atoms with E-state index in [0.717, 1.165) is 25.2 Å². The van der Waals surface area contributed by atoms with Crippen LogP contribution in [-0.4, -0.2) is 40.8 Å². The van der Waals surface area contributed by atoms with Gasteiger partial charge in [0.15, 0.2) is 0 Å². The number of hydrogen-bond acceptors (Lipinski definition) is 5. The summed E-state index contributed by atoms with van der Waals surface area (Å²) in [6.45, 7) is 7.13. The number of anilines is 1. The number of ether oxygens (including phenoxy) is 1. The van der Waals surface area contributed by atoms with Crippen molar-refractivity contribution in [3.8, 4) is 0 Å². The highest BCUT2D eigenvalue weighted by Crippen LogP contribution is 2.19. The second kappa shape index (κ2) is 6.47. The van der Waals surface area contributed by atoms with Gasteiger partial charge in [0.25, 0.3) is 0 Å². The van der Waals surface area contributed by atoms with Crippen LogP contribution in [0.1, 0.15) is 33.6 Å². The molecule has 0 aliphatic carbocycles. The molecule has 0 saturated carbocycles. The van der Waals surface area contributed by atoms with Crippen LogP contribution in [0.5, 0.6) is 0 Å². The van der Waals surface area contributed by atoms with E-state index < -0.39 is 5.60 Å². The Morgan fingerprint density at radius 3 is 2.90 bits per heavy atom. The van der Waals surface area contributed by atoms with Crippen LogP contribution in [0, 0.1) is 0 Å². The number of nitrogens with one attached hydrogen (secondary N) is 1. The highest BCUT2D eigenvalue weighted by atomic mass is 35.5. The SMILES string of the molecule is CC(C)(C)OC(=O)NC1CCCN(c2cc(Cl)ncn2)C1. The molecule has 1 saturated heterocycles. The maximum absolute atomic E-state index is 11.8. The molecular weight excluding hydrogens is 292 g/mol. The molecule has 1 N–H and O–H groups in total. The summed E-state index contributed by atoms with van der Waals surface area (Å²) in [5, 5.41) is 3.33. The van der Waals surface area contributed by atoms with Crippen LogP contribution in [-0.2, 0) is 4.74 Å². The first kappa shape index (κ1) is 15.8. The molecular formula is C14H21ClN4O2. The van der Waals surface area contributed by atoms with E-state index in [0.29, 0.717) is 11.7 Å². The van der Waals surface area contributed by atoms with Crippen LogP contribution in [0.2, 0.25) is 5.15 Å². The van der Waals surface area contributed by atoms with Gasteiger partial charge in [-0.3, -0.25) is 0 Å². The lowest BCUT2D eigenvalue weighted by atomic mass is 10.1. The molecule has 1 unspecified atom stereocenters. The Bertz CT molecular complexity index is 504. The number of carbonyl (C=O) groups excluding carboxylic acids is 1. The van der Waals surface area contributed by atoms with Crippen LogP contribution in [0.15, 0.2) is 12.4 Å². The molecule has 0 bridgehead atoms. The highest BCUT2D eigenvalue weighted by Gasteiger charge is 2.24. The number of piperidine rings is 1. The maximum atomic E-state index is 11.8. The molecule has 0 radical (unpaired) electrons. The van der Waals surface area contributed by atoms with Gasteiger partial charge in [-0.05, 0) is 33.6 Å². The third-order valence-electron chi connectivity index (χ3n) is 3.09. The van der Waals surface area contributed by atoms with Crippen molar-refractivity contribution in [2.45, 2.75) is 45.3 Å². The van der Waals surface area contributed by atoms with Gasteiger partial charge < -0.3 is 15.0 Å². The molecule has 1 amide bonds. The van der Waals surface area contributed by atoms with Crippen molar-refractivity contribution in [1.82, 2.24) is 15.3 Å². The fourth-order valence-electron chi connectivity index (χ4n) is 2.27. The van der Waals surface area contributed by atoms with E-state index in [1.165, 1.54) is 6.33 Å². The van der Waals surface area contributed by atoms with E-state index in [4.69, 9.17) is 16.3 Å². The van der Waals surface area contributed by atoms with E-state index in [1.807, 2.05) is 20.8 Å². The normalized spacial score (nSPS) is 19.2. The number of amides is 1. The van der Waals surface area contributed by atoms with Gasteiger partial charge in [-0.25, -0.2) is 14.8 Å². The lowest BCUT2D eigenvalue weighted by Gasteiger charge is -2.34. The van der Waals surface area contributed by atoms with E-state index in [9.17, 15) is 4.79 Å². The monoisotopic (exact) mass is 312 g/mol. The first-order valence-electron chi connectivity index (χ1n) is 7.05. The summed E-state index contributed by atoms with van der Waals surface area (Å²) < 4.78 is 5.29. The van der Waals surface area contributed by atoms with Gasteiger partial charge in [0.1, 0.15) is 22.9 Å². The minimum Gasteiger partial charge on any atom is -0.444 e. The number of hydrogen-bond donors (Lipinski definition) is 1. The molecule has 1 aromatic heterocycles. The molecule has 1 fully saturated rings. The van der Waals surface area contributed by atoms with Crippen molar-refractivity contribution in [3.63, 3.8) is 0 Å². The fraction of sp³-hybridized carbons (Fsp3) is 0.643. The first-order chi connectivity index (χ1) is 9.83. The van der Waals surface area contributed by atoms with E-state index in [-0.39, 0.29) is 12.1 Å². The summed E-state index contributed by atoms with van der Waals surface area (Å²) in [6, 6.07) is 1.78. The highest BCUT2D eigenvalue weighted by molar-refractivity contribution is 6.29. The molecule has 1 aromatic rings. The number of halogens is 1. The van der Waals surface area contributed by atoms with Crippen LogP contribution < -0.4 is 10.2 Å². The average molecular weight is 313 g/mol. The van der Waals surface area contributed by atoms with Gasteiger partial charge in [0.05, 0.1) is 0 Å². The molecule has 2 heterocycles. The van der Waals surface area contributed by atoms with E-state index in [1.54, 1.807) is 6.07 Å². The van der Waals surface area contributed by atoms with Crippen molar-refractivity contribution in [2.24, 2.45) is 0 Å². The summed E-state index contributed by atoms with van der Waals surface area (Å²) in [7, 11) is 0. The number of aromatic nitrogens is 2. The van der Waals surface area contributed by atoms with E-state index >= 15 is 0 Å². The molecule has 2 rings (SSSR count). The summed E-state index contributed by atoms with van der Waals surface area (Å²) in [5.41, 5.74) is -0.487. The van der Waals surface area contributed by atoms with Gasteiger partial charge in [0.2, 0.25) is 0 Å². The van der Waals surface area contributed by atoms with Crippen LogP contribution in [0.4, 0.5) is 10.6 Å². The Kier molecular flexibility index (Phi) is 4.88. The summed E-state index contributed by atoms with van der Waals surface area (Å²) in [4.78, 5) is 22.0. The Morgan fingerprint density at radius 1 is 1.48 bits per heavy atom. The van der Waals surface area contributed by atoms with Gasteiger partial charge in [-0.1, -0.05) is 11.6 Å². The molecule has 7 heteroatoms. The van der Waals surface area contributed by atoms with Crippen molar-refractivity contribution in [1.29, 1.82) is 0 Å². The van der Waals surface area contributed by atoms with E-state index in [2.05, 4.69) is 20.2 Å². The largest absolute Gasteiger partial charge is 0.444 e. The number of nitrogens with zero attached hydrogens (tertiary/aromatic N) is 3. The third kappa shape index (κ3) is 5.04. The molecule has 1 aliphatic rings. The quantitative estimate of drug-likeness (QED) is 0.850. The molecule has 116 valence electrons. The molecule has 0 aromatic carbocycles. The minimum atomic E-state index is -0.487. The van der Waals surface area contributed by atoms with Crippen molar-refractivity contribution < 1.29 is 9.53 Å². The lowest BCUT2D eigenvalue weighted by molar-refractivity contribution is 0.0500. The fourth-order valence-corrected chi connectivity index (χ4v) is 2.42. The molecule has 6 nitrogen and oxygen atoms in total. The molecule has 21 heavy (non-hydrogen) atoms. The molecule has 1 atom stereocenters. The maximum Gasteiger partial charge on any atom is 0.407 e. The second-order valence-corrected chi connectivity index (χ2v) is 6.52. The minimum absolute atomic E-state index is 0.0438. The zero-order valence-corrected chi connectivity index (χ0v) is 13.4. The second-order valence-electron chi connectivity index (χ2n) is 6.13. The number of alkyl carbamates (subject to hydrolysis) is 1. The third-order valence-corrected chi connectivity index (χ3v) is 3.29. The first-order valence-corrected chi connectivity index (χ1v) is 7.43. The number of rotatable bonds is 2. The Hall–Kier alpha value is -1.56. The smallest absolute Gasteiger partial charge is 0.407 e. The number of carbonyl (C=O) groups is 1. The summed E-state index contributed by atoms with van der Waals surface area (Å²) in [5.74, 6) is 0.783. The molecule has 1 aliphatic heterocycles. The van der Waals surface area contributed by atoms with Crippen molar-refractivity contribution in [2.75, 3.05) is 18.0 Å².